The van der Waals surface area contributed by atoms with Crippen molar-refractivity contribution < 1.29 is 34.2 Å². The zero-order valence-electron chi connectivity index (χ0n) is 27.4. The third kappa shape index (κ3) is 5.95. The summed E-state index contributed by atoms with van der Waals surface area (Å²) in [6, 6.07) is 40.7. The number of hydrogen-bond donors (Lipinski definition) is 0. The molecule has 0 spiro atoms. The van der Waals surface area contributed by atoms with E-state index in [0.29, 0.717) is 17.2 Å². The molecule has 0 unspecified atom stereocenters. The van der Waals surface area contributed by atoms with Crippen molar-refractivity contribution in [2.75, 3.05) is 0 Å². The van der Waals surface area contributed by atoms with Gasteiger partial charge in [-0.25, -0.2) is 13.4 Å². The van der Waals surface area contributed by atoms with Crippen LogP contribution in [0, 0.1) is 32.9 Å². The van der Waals surface area contributed by atoms with Crippen molar-refractivity contribution in [1.82, 2.24) is 19.3 Å². The molecule has 0 N–H and O–H groups in total. The molecule has 0 aliphatic carbocycles. The van der Waals surface area contributed by atoms with E-state index in [9.17, 15) is 8.42 Å². The number of aryl methyl sites for hydroxylation is 3. The minimum absolute atomic E-state index is 0. The van der Waals surface area contributed by atoms with Crippen molar-refractivity contribution in [3.05, 3.63) is 157 Å². The molecule has 0 aliphatic rings. The molecule has 0 radical (unpaired) electrons. The molecule has 0 bridgehead atoms. The van der Waals surface area contributed by atoms with Crippen molar-refractivity contribution in [3.63, 3.8) is 0 Å². The van der Waals surface area contributed by atoms with Crippen LogP contribution in [0.3, 0.4) is 0 Å². The van der Waals surface area contributed by atoms with E-state index in [0.717, 1.165) is 55.4 Å². The van der Waals surface area contributed by atoms with Crippen molar-refractivity contribution in [2.24, 2.45) is 0 Å². The van der Waals surface area contributed by atoms with Crippen LogP contribution in [-0.2, 0) is 30.9 Å². The molecule has 248 valence electrons. The Morgan fingerprint density at radius 2 is 1.46 bits per heavy atom. The maximum Gasteiger partial charge on any atom is 2.00 e. The molecule has 7 nitrogen and oxygen atoms in total. The fourth-order valence-corrected chi connectivity index (χ4v) is 7.87. The van der Waals surface area contributed by atoms with Crippen LogP contribution in [0.4, 0.5) is 0 Å². The molecular weight excluding hydrogens is 824 g/mol. The first-order chi connectivity index (χ1) is 23.8. The Kier molecular flexibility index (Phi) is 8.76. The van der Waals surface area contributed by atoms with E-state index in [1.807, 2.05) is 68.7 Å². The molecule has 0 atom stereocenters. The first-order valence-electron chi connectivity index (χ1n) is 15.8. The number of hydrogen-bond acceptors (Lipinski definition) is 5. The van der Waals surface area contributed by atoms with Gasteiger partial charge in [-0.2, -0.15) is 17.2 Å². The average molecular weight is 854 g/mol. The second-order valence-electron chi connectivity index (χ2n) is 12.1. The van der Waals surface area contributed by atoms with E-state index in [4.69, 9.17) is 4.74 Å². The normalized spacial score (nSPS) is 11.5. The minimum atomic E-state index is -3.64. The average Bonchev–Trinajstić information content (AvgIpc) is 3.72. The Bertz CT molecular complexity index is 2620. The fourth-order valence-electron chi connectivity index (χ4n) is 6.42. The smallest absolute Gasteiger partial charge is 0.509 e. The van der Waals surface area contributed by atoms with E-state index in [2.05, 4.69) is 58.0 Å². The predicted molar refractivity (Wildman–Crippen MR) is 191 cm³/mol. The van der Waals surface area contributed by atoms with Crippen LogP contribution in [0.1, 0.15) is 16.7 Å². The van der Waals surface area contributed by atoms with Gasteiger partial charge in [0.25, 0.3) is 0 Å². The van der Waals surface area contributed by atoms with Crippen LogP contribution >= 0.6 is 0 Å². The molecule has 5 aromatic carbocycles. The molecule has 0 amide bonds. The second kappa shape index (κ2) is 13.2. The fraction of sp³-hybridized carbons (Fsp3) is 0.0732. The topological polar surface area (TPSA) is 79.0 Å². The van der Waals surface area contributed by atoms with Crippen LogP contribution in [0.25, 0.3) is 44.4 Å². The molecule has 0 saturated carbocycles. The van der Waals surface area contributed by atoms with Gasteiger partial charge < -0.3 is 9.30 Å². The molecule has 0 aliphatic heterocycles. The van der Waals surface area contributed by atoms with Gasteiger partial charge in [-0.3, -0.25) is 4.68 Å². The molecule has 50 heavy (non-hydrogen) atoms. The Morgan fingerprint density at radius 3 is 2.24 bits per heavy atom. The third-order valence-electron chi connectivity index (χ3n) is 8.65. The van der Waals surface area contributed by atoms with Crippen molar-refractivity contribution >= 4 is 31.6 Å². The van der Waals surface area contributed by atoms with Gasteiger partial charge in [-0.1, -0.05) is 41.9 Å². The zero-order valence-corrected chi connectivity index (χ0v) is 30.5. The number of benzene rings is 5. The maximum atomic E-state index is 13.3. The van der Waals surface area contributed by atoms with E-state index in [-0.39, 0.29) is 30.9 Å². The molecule has 0 saturated heterocycles. The van der Waals surface area contributed by atoms with Gasteiger partial charge in [0.1, 0.15) is 5.82 Å². The summed E-state index contributed by atoms with van der Waals surface area (Å²) >= 11 is 0. The van der Waals surface area contributed by atoms with Crippen LogP contribution in [0.2, 0.25) is 0 Å². The van der Waals surface area contributed by atoms with Crippen LogP contribution in [0.5, 0.6) is 11.5 Å². The first kappa shape index (κ1) is 33.2. The van der Waals surface area contributed by atoms with Crippen LogP contribution in [0.15, 0.2) is 138 Å². The quantitative estimate of drug-likeness (QED) is 0.150. The Balaban J connectivity index is 0.00000392. The summed E-state index contributed by atoms with van der Waals surface area (Å²) in [5.74, 6) is 1.89. The van der Waals surface area contributed by atoms with E-state index >= 15 is 0 Å². The minimum Gasteiger partial charge on any atom is -0.509 e. The standard InChI is InChI=1S/C41H30N4O3S.Pt/c1-27-18-19-42-40(20-27)45-38-15-8-7-14-36(38)37-17-16-33(24-39(37)45)48-32-11-9-10-31(23-32)44-26-30(25-43-44)41-28(2)21-35(22-29(41)3)49(46,47)34-12-5-4-6-13-34;/h4-22,25-26H,1-3H3;/q-2;+2. The Morgan fingerprint density at radius 1 is 0.720 bits per heavy atom. The SMILES string of the molecule is Cc1ccnc(-n2c3[c-]c(Oc4[c-]c(-n5cc(-c6c(C)cc(S(=O)(=O)c7ccccc7)cc6C)cn5)ccc4)ccc3c3ccccc32)c1.[Pt+2]. The van der Waals surface area contributed by atoms with Gasteiger partial charge in [0.15, 0.2) is 0 Å². The van der Waals surface area contributed by atoms with E-state index < -0.39 is 9.84 Å². The third-order valence-corrected chi connectivity index (χ3v) is 10.4. The van der Waals surface area contributed by atoms with Gasteiger partial charge in [-0.05, 0) is 96.6 Å². The van der Waals surface area contributed by atoms with E-state index in [1.165, 1.54) is 0 Å². The Hall–Kier alpha value is -5.30. The number of para-hydroxylation sites is 1. The molecule has 9 heteroatoms. The van der Waals surface area contributed by atoms with Crippen molar-refractivity contribution in [2.45, 2.75) is 30.6 Å². The number of fused-ring (bicyclic) bond motifs is 3. The first-order valence-corrected chi connectivity index (χ1v) is 17.3. The van der Waals surface area contributed by atoms with Gasteiger partial charge >= 0.3 is 21.1 Å². The number of ether oxygens (including phenoxy) is 1. The molecule has 3 aromatic heterocycles. The number of pyridine rings is 1. The maximum absolute atomic E-state index is 13.3. The summed E-state index contributed by atoms with van der Waals surface area (Å²) in [5.41, 5.74) is 7.24. The number of aromatic nitrogens is 4. The van der Waals surface area contributed by atoms with Crippen molar-refractivity contribution in [3.8, 4) is 34.1 Å². The van der Waals surface area contributed by atoms with Crippen LogP contribution in [-0.4, -0.2) is 27.7 Å². The molecule has 0 fully saturated rings. The summed E-state index contributed by atoms with van der Waals surface area (Å²) in [6.07, 6.45) is 5.52. The monoisotopic (exact) mass is 853 g/mol. The molecule has 8 aromatic rings. The summed E-state index contributed by atoms with van der Waals surface area (Å²) in [7, 11) is -3.64. The zero-order chi connectivity index (χ0) is 33.7. The summed E-state index contributed by atoms with van der Waals surface area (Å²) in [5, 5.41) is 6.80. The largest absolute Gasteiger partial charge is 2.00 e. The van der Waals surface area contributed by atoms with Crippen LogP contribution < -0.4 is 4.74 Å². The van der Waals surface area contributed by atoms with E-state index in [1.54, 1.807) is 53.3 Å². The Labute approximate surface area is 305 Å². The van der Waals surface area contributed by atoms with Gasteiger partial charge in [0.05, 0.1) is 16.0 Å². The van der Waals surface area contributed by atoms with Gasteiger partial charge in [0.2, 0.25) is 9.84 Å². The molecular formula is C41H30N4O3PtS. The number of nitrogens with zero attached hydrogens (tertiary/aromatic N) is 4. The number of sulfone groups is 1. The second-order valence-corrected chi connectivity index (χ2v) is 14.0. The predicted octanol–water partition coefficient (Wildman–Crippen LogP) is 9.18. The van der Waals surface area contributed by atoms with Gasteiger partial charge in [0, 0.05) is 35.0 Å². The molecule has 8 rings (SSSR count). The van der Waals surface area contributed by atoms with Gasteiger partial charge in [-0.15, -0.1) is 35.7 Å². The summed E-state index contributed by atoms with van der Waals surface area (Å²) in [6.45, 7) is 5.90. The summed E-state index contributed by atoms with van der Waals surface area (Å²) in [4.78, 5) is 5.21. The summed E-state index contributed by atoms with van der Waals surface area (Å²) < 4.78 is 36.8. The van der Waals surface area contributed by atoms with Crippen molar-refractivity contribution in [1.29, 1.82) is 0 Å². The molecule has 3 heterocycles. The number of rotatable bonds is 7.